The van der Waals surface area contributed by atoms with Crippen LogP contribution in [0.1, 0.15) is 20.9 Å². The van der Waals surface area contributed by atoms with E-state index in [0.29, 0.717) is 21.8 Å². The average Bonchev–Trinajstić information content (AvgIpc) is 3.32. The van der Waals surface area contributed by atoms with Crippen molar-refractivity contribution in [1.29, 1.82) is 5.41 Å². The molecule has 2 heterocycles. The van der Waals surface area contributed by atoms with Gasteiger partial charge in [-0.25, -0.2) is 9.78 Å². The lowest BCUT2D eigenvalue weighted by Crippen LogP contribution is -2.26. The van der Waals surface area contributed by atoms with Gasteiger partial charge >= 0.3 is 5.97 Å². The first-order chi connectivity index (χ1) is 14.0. The molecule has 0 bridgehead atoms. The van der Waals surface area contributed by atoms with Gasteiger partial charge in [0.2, 0.25) is 0 Å². The Hall–Kier alpha value is -3.45. The number of amidine groups is 1. The normalized spacial score (nSPS) is 13.9. The monoisotopic (exact) mass is 405 g/mol. The number of hydrogen-bond acceptors (Lipinski definition) is 6. The van der Waals surface area contributed by atoms with E-state index in [9.17, 15) is 9.90 Å². The van der Waals surface area contributed by atoms with Crippen molar-refractivity contribution in [3.05, 3.63) is 75.8 Å². The molecule has 0 saturated carbocycles. The Balaban J connectivity index is 1.62. The zero-order chi connectivity index (χ0) is 20.5. The van der Waals surface area contributed by atoms with E-state index in [2.05, 4.69) is 4.98 Å². The van der Waals surface area contributed by atoms with Crippen molar-refractivity contribution in [2.75, 3.05) is 18.6 Å². The summed E-state index contributed by atoms with van der Waals surface area (Å²) < 4.78 is 4.77. The predicted octanol–water partition coefficient (Wildman–Crippen LogP) is 4.67. The molecule has 2 aromatic carbocycles. The molecule has 1 aliphatic heterocycles. The van der Waals surface area contributed by atoms with Gasteiger partial charge in [-0.3, -0.25) is 5.41 Å². The SMILES string of the molecule is COC(=O)c1cccc(N2CC(O)=C(c3nc(-c4ccc(C)cc4)cs3)C2=N)c1. The largest absolute Gasteiger partial charge is 0.510 e. The number of anilines is 1. The number of carbonyl (C=O) groups excluding carboxylic acids is 1. The molecule has 0 fully saturated rings. The van der Waals surface area contributed by atoms with Gasteiger partial charge in [0.25, 0.3) is 0 Å². The molecule has 29 heavy (non-hydrogen) atoms. The highest BCUT2D eigenvalue weighted by Gasteiger charge is 2.31. The van der Waals surface area contributed by atoms with E-state index in [-0.39, 0.29) is 18.1 Å². The molecule has 146 valence electrons. The molecule has 0 unspecified atom stereocenters. The van der Waals surface area contributed by atoms with E-state index in [1.807, 2.05) is 36.6 Å². The van der Waals surface area contributed by atoms with Crippen LogP contribution in [0.3, 0.4) is 0 Å². The Kier molecular flexibility index (Phi) is 4.90. The summed E-state index contributed by atoms with van der Waals surface area (Å²) >= 11 is 1.39. The molecule has 0 aliphatic carbocycles. The second-order valence-electron chi connectivity index (χ2n) is 6.70. The third-order valence-electron chi connectivity index (χ3n) is 4.75. The lowest BCUT2D eigenvalue weighted by atomic mass is 10.1. The number of aryl methyl sites for hydroxylation is 1. The molecule has 3 aromatic rings. The molecule has 7 heteroatoms. The Labute approximate surface area is 172 Å². The smallest absolute Gasteiger partial charge is 0.337 e. The molecule has 0 spiro atoms. The summed E-state index contributed by atoms with van der Waals surface area (Å²) in [6, 6.07) is 14.9. The van der Waals surface area contributed by atoms with E-state index in [4.69, 9.17) is 10.1 Å². The first-order valence-electron chi connectivity index (χ1n) is 8.98. The maximum atomic E-state index is 11.8. The third-order valence-corrected chi connectivity index (χ3v) is 5.61. The average molecular weight is 405 g/mol. The molecule has 0 radical (unpaired) electrons. The van der Waals surface area contributed by atoms with E-state index in [1.54, 1.807) is 29.2 Å². The van der Waals surface area contributed by atoms with Crippen molar-refractivity contribution in [3.63, 3.8) is 0 Å². The van der Waals surface area contributed by atoms with Gasteiger partial charge in [-0.05, 0) is 25.1 Å². The van der Waals surface area contributed by atoms with E-state index in [0.717, 1.165) is 11.3 Å². The third kappa shape index (κ3) is 3.52. The summed E-state index contributed by atoms with van der Waals surface area (Å²) in [4.78, 5) is 18.1. The van der Waals surface area contributed by atoms with E-state index < -0.39 is 5.97 Å². The van der Waals surface area contributed by atoms with Gasteiger partial charge in [0.05, 0.1) is 30.5 Å². The number of aliphatic hydroxyl groups excluding tert-OH is 1. The number of nitrogens with zero attached hydrogens (tertiary/aromatic N) is 2. The first-order valence-corrected chi connectivity index (χ1v) is 9.86. The maximum Gasteiger partial charge on any atom is 0.337 e. The summed E-state index contributed by atoms with van der Waals surface area (Å²) in [6.07, 6.45) is 0. The van der Waals surface area contributed by atoms with Gasteiger partial charge in [0.15, 0.2) is 0 Å². The van der Waals surface area contributed by atoms with Crippen LogP contribution in [0.25, 0.3) is 16.8 Å². The fourth-order valence-electron chi connectivity index (χ4n) is 3.19. The zero-order valence-electron chi connectivity index (χ0n) is 16.0. The fraction of sp³-hybridized carbons (Fsp3) is 0.136. The second kappa shape index (κ2) is 7.52. The van der Waals surface area contributed by atoms with E-state index >= 15 is 0 Å². The molecule has 0 saturated heterocycles. The Morgan fingerprint density at radius 3 is 2.72 bits per heavy atom. The van der Waals surface area contributed by atoms with Crippen molar-refractivity contribution in [1.82, 2.24) is 4.98 Å². The lowest BCUT2D eigenvalue weighted by molar-refractivity contribution is 0.0601. The standard InChI is InChI=1S/C22H19N3O3S/c1-13-6-8-14(9-7-13)17-12-29-21(24-17)19-18(26)11-25(20(19)23)16-5-3-4-15(10-16)22(27)28-2/h3-10,12,23,26H,11H2,1-2H3. The molecule has 1 aromatic heterocycles. The van der Waals surface area contributed by atoms with Crippen LogP contribution in [0.15, 0.2) is 59.7 Å². The Bertz CT molecular complexity index is 1130. The van der Waals surface area contributed by atoms with Crippen LogP contribution in [-0.4, -0.2) is 35.5 Å². The Morgan fingerprint density at radius 1 is 1.24 bits per heavy atom. The van der Waals surface area contributed by atoms with Gasteiger partial charge in [-0.1, -0.05) is 35.9 Å². The zero-order valence-corrected chi connectivity index (χ0v) is 16.8. The topological polar surface area (TPSA) is 86.5 Å². The highest BCUT2D eigenvalue weighted by molar-refractivity contribution is 7.11. The van der Waals surface area contributed by atoms with Gasteiger partial charge in [0.1, 0.15) is 16.6 Å². The van der Waals surface area contributed by atoms with Crippen molar-refractivity contribution < 1.29 is 14.6 Å². The van der Waals surface area contributed by atoms with Gasteiger partial charge in [-0.2, -0.15) is 0 Å². The number of hydrogen-bond donors (Lipinski definition) is 2. The molecule has 6 nitrogen and oxygen atoms in total. The minimum absolute atomic E-state index is 0.0864. The quantitative estimate of drug-likeness (QED) is 0.616. The molecule has 1 aliphatic rings. The predicted molar refractivity (Wildman–Crippen MR) is 115 cm³/mol. The maximum absolute atomic E-state index is 11.8. The van der Waals surface area contributed by atoms with Crippen molar-refractivity contribution in [2.24, 2.45) is 0 Å². The van der Waals surface area contributed by atoms with Crippen LogP contribution >= 0.6 is 11.3 Å². The summed E-state index contributed by atoms with van der Waals surface area (Å²) in [5.41, 5.74) is 4.41. The van der Waals surface area contributed by atoms with Crippen LogP contribution in [0.5, 0.6) is 0 Å². The number of aromatic nitrogens is 1. The number of methoxy groups -OCH3 is 1. The lowest BCUT2D eigenvalue weighted by Gasteiger charge is -2.19. The van der Waals surface area contributed by atoms with Crippen molar-refractivity contribution >= 4 is 34.4 Å². The molecule has 0 atom stereocenters. The number of nitrogens with one attached hydrogen (secondary N) is 1. The first kappa shape index (κ1) is 18.9. The van der Waals surface area contributed by atoms with Gasteiger partial charge in [0, 0.05) is 16.6 Å². The van der Waals surface area contributed by atoms with Crippen LogP contribution in [0, 0.1) is 12.3 Å². The molecule has 0 amide bonds. The molecular weight excluding hydrogens is 386 g/mol. The Morgan fingerprint density at radius 2 is 2.00 bits per heavy atom. The number of esters is 1. The highest BCUT2D eigenvalue weighted by atomic mass is 32.1. The number of benzene rings is 2. The molecule has 4 rings (SSSR count). The summed E-state index contributed by atoms with van der Waals surface area (Å²) in [5, 5.41) is 21.7. The minimum atomic E-state index is -0.447. The highest BCUT2D eigenvalue weighted by Crippen LogP contribution is 2.34. The summed E-state index contributed by atoms with van der Waals surface area (Å²) in [6.45, 7) is 2.18. The number of rotatable bonds is 4. The van der Waals surface area contributed by atoms with Crippen LogP contribution in [0.2, 0.25) is 0 Å². The molecular formula is C22H19N3O3S. The van der Waals surface area contributed by atoms with Gasteiger partial charge < -0.3 is 14.7 Å². The van der Waals surface area contributed by atoms with Crippen molar-refractivity contribution in [3.8, 4) is 11.3 Å². The second-order valence-corrected chi connectivity index (χ2v) is 7.56. The number of ether oxygens (including phenoxy) is 1. The van der Waals surface area contributed by atoms with Crippen LogP contribution in [-0.2, 0) is 4.74 Å². The fourth-order valence-corrected chi connectivity index (χ4v) is 4.08. The summed E-state index contributed by atoms with van der Waals surface area (Å²) in [7, 11) is 1.33. The minimum Gasteiger partial charge on any atom is -0.510 e. The molecule has 2 N–H and O–H groups in total. The van der Waals surface area contributed by atoms with E-state index in [1.165, 1.54) is 24.0 Å². The van der Waals surface area contributed by atoms with Crippen molar-refractivity contribution in [2.45, 2.75) is 6.92 Å². The number of thiazole rings is 1. The van der Waals surface area contributed by atoms with Crippen LogP contribution in [0.4, 0.5) is 5.69 Å². The van der Waals surface area contributed by atoms with Gasteiger partial charge in [-0.15, -0.1) is 11.3 Å². The summed E-state index contributed by atoms with van der Waals surface area (Å²) in [5.74, 6) is -0.213. The number of aliphatic hydroxyl groups is 1. The van der Waals surface area contributed by atoms with Crippen LogP contribution < -0.4 is 4.90 Å². The number of carbonyl (C=O) groups is 1.